The van der Waals surface area contributed by atoms with Crippen molar-refractivity contribution in [1.29, 1.82) is 0 Å². The highest BCUT2D eigenvalue weighted by atomic mass is 16.6. The molecule has 4 aliphatic heterocycles. The summed E-state index contributed by atoms with van der Waals surface area (Å²) < 4.78 is 28.8. The summed E-state index contributed by atoms with van der Waals surface area (Å²) >= 11 is 0. The normalized spacial score (nSPS) is 23.4. The van der Waals surface area contributed by atoms with E-state index in [0.717, 1.165) is 48.1 Å². The number of amides is 3. The number of hydrogen-bond donors (Lipinski definition) is 1. The third-order valence-corrected chi connectivity index (χ3v) is 13.6. The number of hydrogen-bond acceptors (Lipinski definition) is 11. The second-order valence-electron chi connectivity index (χ2n) is 17.5. The summed E-state index contributed by atoms with van der Waals surface area (Å²) in [7, 11) is 3.08. The lowest BCUT2D eigenvalue weighted by molar-refractivity contribution is -0.179. The second-order valence-corrected chi connectivity index (χ2v) is 17.5. The van der Waals surface area contributed by atoms with Crippen molar-refractivity contribution in [2.45, 2.75) is 61.7 Å². The van der Waals surface area contributed by atoms with Crippen LogP contribution >= 0.6 is 0 Å². The molecule has 13 nitrogen and oxygen atoms in total. The van der Waals surface area contributed by atoms with Gasteiger partial charge in [0.1, 0.15) is 42.3 Å². The predicted octanol–water partition coefficient (Wildman–Crippen LogP) is 7.71. The first-order chi connectivity index (χ1) is 33.3. The first-order valence-corrected chi connectivity index (χ1v) is 23.3. The van der Waals surface area contributed by atoms with E-state index in [1.54, 1.807) is 37.4 Å². The van der Waals surface area contributed by atoms with Crippen molar-refractivity contribution >= 4 is 29.6 Å². The molecule has 3 fully saturated rings. The number of methoxy groups -OCH3 is 2. The highest BCUT2D eigenvalue weighted by Gasteiger charge is 2.76. The number of fused-ring (bicyclic) bond motifs is 3. The average molecular weight is 918 g/mol. The number of ether oxygens (including phenoxy) is 5. The summed E-state index contributed by atoms with van der Waals surface area (Å²) in [5.74, 6) is 4.52. The smallest absolute Gasteiger partial charge is 0.421 e. The molecule has 5 aromatic carbocycles. The molecule has 0 aliphatic carbocycles. The Morgan fingerprint density at radius 3 is 2.00 bits per heavy atom. The van der Waals surface area contributed by atoms with Gasteiger partial charge in [0.15, 0.2) is 0 Å². The molecule has 0 aromatic heterocycles. The number of rotatable bonds is 11. The number of aliphatic hydroxyl groups excluding tert-OH is 1. The third-order valence-electron chi connectivity index (χ3n) is 13.6. The zero-order valence-corrected chi connectivity index (χ0v) is 38.3. The minimum atomic E-state index is -1.96. The third kappa shape index (κ3) is 8.60. The number of cyclic esters (lactones) is 1. The van der Waals surface area contributed by atoms with E-state index in [1.165, 1.54) is 7.11 Å². The van der Waals surface area contributed by atoms with Gasteiger partial charge in [-0.15, -0.1) is 0 Å². The van der Waals surface area contributed by atoms with Gasteiger partial charge in [0.2, 0.25) is 11.8 Å². The van der Waals surface area contributed by atoms with Crippen LogP contribution in [0.2, 0.25) is 0 Å². The number of carbonyl (C=O) groups excluding carboxylic acids is 4. The number of carbonyl (C=O) groups is 4. The van der Waals surface area contributed by atoms with Gasteiger partial charge in [0.25, 0.3) is 0 Å². The van der Waals surface area contributed by atoms with Gasteiger partial charge in [-0.05, 0) is 89.7 Å². The molecular weight excluding hydrogens is 863 g/mol. The van der Waals surface area contributed by atoms with Crippen molar-refractivity contribution in [2.75, 3.05) is 58.6 Å². The first kappa shape index (κ1) is 46.1. The Morgan fingerprint density at radius 1 is 0.706 bits per heavy atom. The van der Waals surface area contributed by atoms with Gasteiger partial charge in [0.05, 0.1) is 44.0 Å². The number of morpholine rings is 1. The molecule has 0 bridgehead atoms. The van der Waals surface area contributed by atoms with Crippen LogP contribution in [0.3, 0.4) is 0 Å². The van der Waals surface area contributed by atoms with E-state index in [0.29, 0.717) is 46.8 Å². The van der Waals surface area contributed by atoms with Crippen molar-refractivity contribution in [3.8, 4) is 23.3 Å². The van der Waals surface area contributed by atoms with Crippen LogP contribution in [0.15, 0.2) is 127 Å². The highest BCUT2D eigenvalue weighted by molar-refractivity contribution is 6.23. The molecule has 0 unspecified atom stereocenters. The number of likely N-dealkylation sites (tertiary alicyclic amines) is 1. The molecule has 3 amide bonds. The lowest BCUT2D eigenvalue weighted by atomic mass is 9.64. The van der Waals surface area contributed by atoms with Crippen LogP contribution in [0.4, 0.5) is 10.5 Å². The summed E-state index contributed by atoms with van der Waals surface area (Å²) in [5, 5.41) is 9.62. The lowest BCUT2D eigenvalue weighted by Gasteiger charge is -2.46. The number of benzene rings is 5. The highest BCUT2D eigenvalue weighted by Crippen LogP contribution is 2.66. The Bertz CT molecular complexity index is 2660. The molecule has 4 aliphatic rings. The van der Waals surface area contributed by atoms with E-state index in [2.05, 4.69) is 11.8 Å². The van der Waals surface area contributed by atoms with Gasteiger partial charge >= 0.3 is 12.1 Å². The Labute approximate surface area is 396 Å². The SMILES string of the molecule is COCCOC(=O)N1C(=O)[C@@]2(c3cc(C#Cc4ccc(OC)cc4)ccc31)[C@H](c1ccc(OCCO)cc1)N1[C@H](c3ccccc3)[C@H](c3ccccc3)OC(=O)[C@H]1[C@@H]2C(=O)N1CCCCCCC1. The fourth-order valence-corrected chi connectivity index (χ4v) is 10.6. The first-order valence-electron chi connectivity index (χ1n) is 23.3. The molecule has 0 saturated carbocycles. The zero-order valence-electron chi connectivity index (χ0n) is 38.3. The molecule has 9 rings (SSSR count). The van der Waals surface area contributed by atoms with Crippen LogP contribution < -0.4 is 14.4 Å². The minimum absolute atomic E-state index is 0.0559. The summed E-state index contributed by atoms with van der Waals surface area (Å²) in [6.07, 6.45) is 2.58. The number of esters is 1. The molecule has 3 saturated heterocycles. The van der Waals surface area contributed by atoms with Crippen molar-refractivity contribution in [1.82, 2.24) is 9.80 Å². The van der Waals surface area contributed by atoms with Crippen LogP contribution in [0, 0.1) is 17.8 Å². The number of anilines is 1. The van der Waals surface area contributed by atoms with Gasteiger partial charge in [-0.25, -0.2) is 9.69 Å². The average Bonchev–Trinajstić information content (AvgIpc) is 3.82. The quantitative estimate of drug-likeness (QED) is 0.0791. The Morgan fingerprint density at radius 2 is 1.34 bits per heavy atom. The van der Waals surface area contributed by atoms with Crippen LogP contribution in [0.1, 0.15) is 83.7 Å². The Balaban J connectivity index is 1.35. The number of imide groups is 1. The number of aliphatic hydroxyl groups is 1. The largest absolute Gasteiger partial charge is 0.497 e. The van der Waals surface area contributed by atoms with Crippen molar-refractivity contribution in [3.63, 3.8) is 0 Å². The second kappa shape index (κ2) is 20.5. The van der Waals surface area contributed by atoms with Gasteiger partial charge in [0, 0.05) is 31.3 Å². The van der Waals surface area contributed by atoms with Crippen LogP contribution in [-0.4, -0.2) is 98.6 Å². The van der Waals surface area contributed by atoms with E-state index in [1.807, 2.05) is 107 Å². The maximum absolute atomic E-state index is 16.5. The summed E-state index contributed by atoms with van der Waals surface area (Å²) in [6, 6.07) is 35.7. The molecule has 5 aromatic rings. The number of nitrogens with zero attached hydrogens (tertiary/aromatic N) is 3. The molecule has 4 heterocycles. The standard InChI is InChI=1S/C55H55N3O10/c1-64-34-35-67-54(63)57-45-29-22-38(19-18-37-20-25-42(65-2)26-21-37)36-44(45)55(53(57)62)46(51(60)56-30-12-4-3-5-13-31-56)48-52(61)68-49(40-16-10-7-11-17-40)47(39-14-8-6-9-15-39)58(48)50(55)41-23-27-43(28-24-41)66-33-32-59/h6-11,14-17,20-29,36,46-50,59H,3-5,12-13,30-35H2,1-2H3/t46-,47-,48-,49+,50+,55-/m1/s1. The lowest BCUT2D eigenvalue weighted by Crippen LogP contribution is -2.56. The maximum atomic E-state index is 16.5. The topological polar surface area (TPSA) is 144 Å². The van der Waals surface area contributed by atoms with E-state index < -0.39 is 53.5 Å². The fourth-order valence-electron chi connectivity index (χ4n) is 10.6. The summed E-state index contributed by atoms with van der Waals surface area (Å²) in [6.45, 7) is 0.659. The molecule has 350 valence electrons. The molecule has 6 atom stereocenters. The monoisotopic (exact) mass is 917 g/mol. The van der Waals surface area contributed by atoms with Gasteiger partial charge in [-0.3, -0.25) is 19.3 Å². The van der Waals surface area contributed by atoms with E-state index in [9.17, 15) is 9.90 Å². The molecule has 1 spiro atoms. The van der Waals surface area contributed by atoms with Gasteiger partial charge in [-0.2, -0.15) is 0 Å². The molecule has 68 heavy (non-hydrogen) atoms. The van der Waals surface area contributed by atoms with E-state index in [-0.39, 0.29) is 38.0 Å². The summed E-state index contributed by atoms with van der Waals surface area (Å²) in [5.41, 5.74) is 1.95. The van der Waals surface area contributed by atoms with Crippen LogP contribution in [0.5, 0.6) is 11.5 Å². The van der Waals surface area contributed by atoms with E-state index >= 15 is 14.4 Å². The molecule has 13 heteroatoms. The fraction of sp³-hybridized carbons (Fsp3) is 0.345. The Kier molecular flexibility index (Phi) is 13.9. The zero-order chi connectivity index (χ0) is 47.2. The van der Waals surface area contributed by atoms with Crippen molar-refractivity contribution in [2.24, 2.45) is 5.92 Å². The van der Waals surface area contributed by atoms with Crippen molar-refractivity contribution in [3.05, 3.63) is 161 Å². The molecule has 1 N–H and O–H groups in total. The summed E-state index contributed by atoms with van der Waals surface area (Å²) in [4.78, 5) is 67.6. The Hall–Kier alpha value is -6.98. The van der Waals surface area contributed by atoms with Crippen molar-refractivity contribution < 1.29 is 48.0 Å². The molecular formula is C55H55N3O10. The minimum Gasteiger partial charge on any atom is -0.497 e. The maximum Gasteiger partial charge on any atom is 0.421 e. The van der Waals surface area contributed by atoms with Crippen LogP contribution in [-0.2, 0) is 34.0 Å². The van der Waals surface area contributed by atoms with Gasteiger partial charge in [-0.1, -0.05) is 104 Å². The van der Waals surface area contributed by atoms with Gasteiger partial charge < -0.3 is 33.7 Å². The van der Waals surface area contributed by atoms with Crippen LogP contribution in [0.25, 0.3) is 0 Å². The van der Waals surface area contributed by atoms with E-state index in [4.69, 9.17) is 23.7 Å². The molecule has 0 radical (unpaired) electrons. The predicted molar refractivity (Wildman–Crippen MR) is 253 cm³/mol.